The molecule has 0 heterocycles. The predicted molar refractivity (Wildman–Crippen MR) is 68.4 cm³/mol. The first-order chi connectivity index (χ1) is 6.74. The first-order valence-corrected chi connectivity index (χ1v) is 6.24. The van der Waals surface area contributed by atoms with Crippen LogP contribution in [0.3, 0.4) is 0 Å². The third-order valence-corrected chi connectivity index (χ3v) is 4.43. The number of rotatable bonds is 3. The maximum Gasteiger partial charge on any atom is 0.0356 e. The average molecular weight is 301 g/mol. The van der Waals surface area contributed by atoms with Gasteiger partial charge in [0.15, 0.2) is 0 Å². The second-order valence-corrected chi connectivity index (χ2v) is 5.16. The van der Waals surface area contributed by atoms with Crippen molar-refractivity contribution in [3.8, 4) is 0 Å². The Morgan fingerprint density at radius 1 is 1.43 bits per heavy atom. The Morgan fingerprint density at radius 2 is 2.14 bits per heavy atom. The average Bonchev–Trinajstić information content (AvgIpc) is 2.97. The van der Waals surface area contributed by atoms with E-state index in [1.165, 1.54) is 27.5 Å². The topological polar surface area (TPSA) is 12.0 Å². The minimum atomic E-state index is 0.571. The van der Waals surface area contributed by atoms with E-state index in [9.17, 15) is 0 Å². The minimum Gasteiger partial charge on any atom is -0.313 e. The molecule has 1 saturated carbocycles. The molecule has 1 aromatic carbocycles. The van der Waals surface area contributed by atoms with Crippen molar-refractivity contribution in [3.63, 3.8) is 0 Å². The van der Waals surface area contributed by atoms with Crippen molar-refractivity contribution in [3.05, 3.63) is 32.9 Å². The summed E-state index contributed by atoms with van der Waals surface area (Å²) in [5, 5.41) is 3.44. The zero-order chi connectivity index (χ0) is 10.1. The summed E-state index contributed by atoms with van der Waals surface area (Å²) in [6.07, 6.45) is 2.77. The first-order valence-electron chi connectivity index (χ1n) is 5.16. The van der Waals surface area contributed by atoms with Gasteiger partial charge < -0.3 is 5.32 Å². The second kappa shape index (κ2) is 4.19. The lowest BCUT2D eigenvalue weighted by atomic mass is 10.0. The molecule has 0 radical (unpaired) electrons. The van der Waals surface area contributed by atoms with Gasteiger partial charge in [0.05, 0.1) is 0 Å². The van der Waals surface area contributed by atoms with E-state index in [0.29, 0.717) is 6.04 Å². The molecule has 1 aromatic rings. The van der Waals surface area contributed by atoms with Crippen LogP contribution in [0.5, 0.6) is 0 Å². The largest absolute Gasteiger partial charge is 0.313 e. The van der Waals surface area contributed by atoms with E-state index in [1.807, 2.05) is 0 Å². The zero-order valence-electron chi connectivity index (χ0n) is 8.68. The van der Waals surface area contributed by atoms with Gasteiger partial charge in [-0.25, -0.2) is 0 Å². The summed E-state index contributed by atoms with van der Waals surface area (Å²) >= 11 is 2.46. The zero-order valence-corrected chi connectivity index (χ0v) is 10.8. The van der Waals surface area contributed by atoms with Crippen molar-refractivity contribution >= 4 is 22.6 Å². The third-order valence-electron chi connectivity index (χ3n) is 2.96. The van der Waals surface area contributed by atoms with Gasteiger partial charge in [0, 0.05) is 9.61 Å². The summed E-state index contributed by atoms with van der Waals surface area (Å²) in [5.41, 5.74) is 2.87. The molecule has 1 unspecified atom stereocenters. The summed E-state index contributed by atoms with van der Waals surface area (Å²) in [6, 6.07) is 7.18. The van der Waals surface area contributed by atoms with Crippen LogP contribution in [0.2, 0.25) is 0 Å². The molecule has 2 rings (SSSR count). The van der Waals surface area contributed by atoms with E-state index in [-0.39, 0.29) is 0 Å². The van der Waals surface area contributed by atoms with Gasteiger partial charge in [-0.05, 0) is 66.4 Å². The van der Waals surface area contributed by atoms with Crippen LogP contribution in [-0.2, 0) is 0 Å². The van der Waals surface area contributed by atoms with Gasteiger partial charge in [-0.1, -0.05) is 18.2 Å². The van der Waals surface area contributed by atoms with Gasteiger partial charge in [-0.3, -0.25) is 0 Å². The molecule has 0 aliphatic heterocycles. The van der Waals surface area contributed by atoms with E-state index >= 15 is 0 Å². The van der Waals surface area contributed by atoms with Gasteiger partial charge in [-0.15, -0.1) is 0 Å². The third kappa shape index (κ3) is 1.96. The monoisotopic (exact) mass is 301 g/mol. The lowest BCUT2D eigenvalue weighted by molar-refractivity contribution is 0.526. The van der Waals surface area contributed by atoms with Crippen LogP contribution in [0.25, 0.3) is 0 Å². The van der Waals surface area contributed by atoms with Gasteiger partial charge in [0.2, 0.25) is 0 Å². The van der Waals surface area contributed by atoms with Crippen molar-refractivity contribution in [2.45, 2.75) is 25.8 Å². The maximum absolute atomic E-state index is 3.44. The smallest absolute Gasteiger partial charge is 0.0356 e. The Morgan fingerprint density at radius 3 is 2.71 bits per heavy atom. The molecule has 0 saturated heterocycles. The molecule has 1 nitrogen and oxygen atoms in total. The van der Waals surface area contributed by atoms with Crippen LogP contribution in [0, 0.1) is 16.4 Å². The number of hydrogen-bond donors (Lipinski definition) is 1. The highest BCUT2D eigenvalue weighted by Gasteiger charge is 2.32. The Bertz CT molecular complexity index is 331. The molecule has 1 aliphatic carbocycles. The van der Waals surface area contributed by atoms with Gasteiger partial charge in [0.1, 0.15) is 0 Å². The molecule has 1 atom stereocenters. The fourth-order valence-corrected chi connectivity index (χ4v) is 2.68. The van der Waals surface area contributed by atoms with Crippen LogP contribution < -0.4 is 5.32 Å². The number of hydrogen-bond acceptors (Lipinski definition) is 1. The number of aryl methyl sites for hydroxylation is 1. The van der Waals surface area contributed by atoms with Crippen LogP contribution >= 0.6 is 22.6 Å². The molecule has 1 N–H and O–H groups in total. The lowest BCUT2D eigenvalue weighted by Gasteiger charge is -2.18. The molecule has 0 aromatic heterocycles. The fraction of sp³-hybridized carbons (Fsp3) is 0.500. The lowest BCUT2D eigenvalue weighted by Crippen LogP contribution is -2.19. The maximum atomic E-state index is 3.44. The number of benzene rings is 1. The molecule has 76 valence electrons. The van der Waals surface area contributed by atoms with E-state index in [2.05, 4.69) is 60.1 Å². The van der Waals surface area contributed by atoms with Gasteiger partial charge in [-0.2, -0.15) is 0 Å². The van der Waals surface area contributed by atoms with E-state index in [1.54, 1.807) is 0 Å². The quantitative estimate of drug-likeness (QED) is 0.845. The molecule has 0 bridgehead atoms. The SMILES string of the molecule is CNC(c1cccc(C)c1I)C1CC1. The minimum absolute atomic E-state index is 0.571. The molecule has 0 spiro atoms. The summed E-state index contributed by atoms with van der Waals surface area (Å²) in [7, 11) is 2.07. The van der Waals surface area contributed by atoms with Gasteiger partial charge >= 0.3 is 0 Å². The highest BCUT2D eigenvalue weighted by atomic mass is 127. The Labute approximate surface area is 99.4 Å². The molecular weight excluding hydrogens is 285 g/mol. The van der Waals surface area contributed by atoms with E-state index in [0.717, 1.165) is 5.92 Å². The van der Waals surface area contributed by atoms with Crippen molar-refractivity contribution in [1.29, 1.82) is 0 Å². The highest BCUT2D eigenvalue weighted by molar-refractivity contribution is 14.1. The molecule has 2 heteroatoms. The van der Waals surface area contributed by atoms with Crippen molar-refractivity contribution in [2.75, 3.05) is 7.05 Å². The Kier molecular flexibility index (Phi) is 3.12. The highest BCUT2D eigenvalue weighted by Crippen LogP contribution is 2.42. The Hall–Kier alpha value is -0.0900. The van der Waals surface area contributed by atoms with Crippen LogP contribution in [0.1, 0.15) is 30.0 Å². The van der Waals surface area contributed by atoms with Gasteiger partial charge in [0.25, 0.3) is 0 Å². The van der Waals surface area contributed by atoms with Crippen molar-refractivity contribution in [2.24, 2.45) is 5.92 Å². The second-order valence-electron chi connectivity index (χ2n) is 4.08. The van der Waals surface area contributed by atoms with Crippen molar-refractivity contribution < 1.29 is 0 Å². The molecule has 0 amide bonds. The number of halogens is 1. The normalized spacial score (nSPS) is 18.2. The van der Waals surface area contributed by atoms with E-state index < -0.39 is 0 Å². The summed E-state index contributed by atoms with van der Waals surface area (Å²) in [5.74, 6) is 0.871. The summed E-state index contributed by atoms with van der Waals surface area (Å²) in [6.45, 7) is 2.19. The van der Waals surface area contributed by atoms with Crippen LogP contribution in [0.4, 0.5) is 0 Å². The van der Waals surface area contributed by atoms with Crippen LogP contribution in [0.15, 0.2) is 18.2 Å². The predicted octanol–water partition coefficient (Wildman–Crippen LogP) is 3.27. The molecule has 1 fully saturated rings. The first kappa shape index (κ1) is 10.4. The fourth-order valence-electron chi connectivity index (χ4n) is 1.99. The standard InChI is InChI=1S/C12H16IN/c1-8-4-3-5-10(11(8)13)12(14-2)9-6-7-9/h3-5,9,12,14H,6-7H2,1-2H3. The van der Waals surface area contributed by atoms with Crippen LogP contribution in [-0.4, -0.2) is 7.05 Å². The molecular formula is C12H16IN. The number of nitrogens with one attached hydrogen (secondary N) is 1. The molecule has 14 heavy (non-hydrogen) atoms. The van der Waals surface area contributed by atoms with E-state index in [4.69, 9.17) is 0 Å². The summed E-state index contributed by atoms with van der Waals surface area (Å²) in [4.78, 5) is 0. The molecule has 1 aliphatic rings. The summed E-state index contributed by atoms with van der Waals surface area (Å²) < 4.78 is 1.43. The Balaban J connectivity index is 2.33. The van der Waals surface area contributed by atoms with Crippen molar-refractivity contribution in [1.82, 2.24) is 5.32 Å².